The molecule has 2 fully saturated rings. The van der Waals surface area contributed by atoms with Crippen LogP contribution in [-0.4, -0.2) is 12.4 Å². The largest absolute Gasteiger partial charge is 0.493 e. The van der Waals surface area contributed by atoms with Gasteiger partial charge in [0.2, 0.25) is 0 Å². The van der Waals surface area contributed by atoms with E-state index in [9.17, 15) is 4.79 Å². The lowest BCUT2D eigenvalue weighted by Gasteiger charge is -2.15. The van der Waals surface area contributed by atoms with Crippen molar-refractivity contribution in [3.05, 3.63) is 35.4 Å². The zero-order chi connectivity index (χ0) is 14.7. The van der Waals surface area contributed by atoms with Crippen LogP contribution in [0.3, 0.4) is 0 Å². The number of allylic oxidation sites excluding steroid dienone is 1. The molecule has 0 aromatic heterocycles. The number of carbonyl (C=O) groups excluding carboxylic acids is 1. The van der Waals surface area contributed by atoms with Crippen LogP contribution in [0, 0.1) is 11.8 Å². The molecule has 1 atom stereocenters. The Hall–Kier alpha value is -1.57. The average Bonchev–Trinajstić information content (AvgIpc) is 3.12. The number of para-hydroxylation sites is 1. The first-order valence-corrected chi connectivity index (χ1v) is 8.26. The van der Waals surface area contributed by atoms with Gasteiger partial charge in [-0.2, -0.15) is 0 Å². The normalized spacial score (nSPS) is 24.9. The molecule has 0 spiro atoms. The molecule has 0 heterocycles. The van der Waals surface area contributed by atoms with Crippen LogP contribution in [0.25, 0.3) is 6.08 Å². The summed E-state index contributed by atoms with van der Waals surface area (Å²) in [6, 6.07) is 7.99. The van der Waals surface area contributed by atoms with E-state index in [-0.39, 0.29) is 5.92 Å². The second-order valence-corrected chi connectivity index (χ2v) is 6.19. The van der Waals surface area contributed by atoms with E-state index < -0.39 is 0 Å². The number of ketones is 1. The van der Waals surface area contributed by atoms with Gasteiger partial charge in [0.05, 0.1) is 6.61 Å². The van der Waals surface area contributed by atoms with Crippen molar-refractivity contribution in [2.24, 2.45) is 11.8 Å². The van der Waals surface area contributed by atoms with E-state index in [0.717, 1.165) is 29.7 Å². The number of rotatable bonds is 4. The zero-order valence-electron chi connectivity index (χ0n) is 12.8. The van der Waals surface area contributed by atoms with Crippen molar-refractivity contribution in [1.82, 2.24) is 0 Å². The minimum atomic E-state index is 0.290. The van der Waals surface area contributed by atoms with Crippen LogP contribution < -0.4 is 4.74 Å². The molecule has 0 radical (unpaired) electrons. The highest BCUT2D eigenvalue weighted by atomic mass is 16.5. The minimum Gasteiger partial charge on any atom is -0.493 e. The van der Waals surface area contributed by atoms with Gasteiger partial charge in [-0.15, -0.1) is 0 Å². The minimum absolute atomic E-state index is 0.290. The van der Waals surface area contributed by atoms with Gasteiger partial charge in [-0.05, 0) is 56.2 Å². The lowest BCUT2D eigenvalue weighted by Crippen LogP contribution is -2.16. The molecule has 0 aliphatic heterocycles. The molecule has 0 N–H and O–H groups in total. The Morgan fingerprint density at radius 3 is 2.71 bits per heavy atom. The van der Waals surface area contributed by atoms with Crippen molar-refractivity contribution in [1.29, 1.82) is 0 Å². The van der Waals surface area contributed by atoms with E-state index in [1.165, 1.54) is 25.7 Å². The first-order valence-electron chi connectivity index (χ1n) is 8.26. The summed E-state index contributed by atoms with van der Waals surface area (Å²) >= 11 is 0. The Kier molecular flexibility index (Phi) is 4.42. The lowest BCUT2D eigenvalue weighted by molar-refractivity contribution is -0.119. The number of hydrogen-bond donors (Lipinski definition) is 0. The summed E-state index contributed by atoms with van der Waals surface area (Å²) in [4.78, 5) is 12.7. The second kappa shape index (κ2) is 6.46. The van der Waals surface area contributed by atoms with E-state index in [4.69, 9.17) is 4.74 Å². The van der Waals surface area contributed by atoms with Crippen molar-refractivity contribution in [2.75, 3.05) is 6.61 Å². The summed E-state index contributed by atoms with van der Waals surface area (Å²) < 4.78 is 5.65. The van der Waals surface area contributed by atoms with Gasteiger partial charge in [0.25, 0.3) is 0 Å². The maximum Gasteiger partial charge on any atom is 0.162 e. The molecule has 2 aliphatic rings. The smallest absolute Gasteiger partial charge is 0.162 e. The maximum absolute atomic E-state index is 12.7. The first kappa shape index (κ1) is 14.4. The van der Waals surface area contributed by atoms with Gasteiger partial charge >= 0.3 is 0 Å². The molecule has 0 bridgehead atoms. The highest BCUT2D eigenvalue weighted by Gasteiger charge is 2.36. The van der Waals surface area contributed by atoms with Crippen molar-refractivity contribution < 1.29 is 9.53 Å². The summed E-state index contributed by atoms with van der Waals surface area (Å²) in [5, 5.41) is 0. The maximum atomic E-state index is 12.7. The summed E-state index contributed by atoms with van der Waals surface area (Å²) in [6.07, 6.45) is 9.15. The van der Waals surface area contributed by atoms with Crippen molar-refractivity contribution in [2.45, 2.75) is 45.4 Å². The summed E-state index contributed by atoms with van der Waals surface area (Å²) in [5.41, 5.74) is 2.04. The molecule has 3 rings (SSSR count). The summed E-state index contributed by atoms with van der Waals surface area (Å²) in [7, 11) is 0. The van der Waals surface area contributed by atoms with Crippen LogP contribution in [0.5, 0.6) is 5.75 Å². The molecule has 1 unspecified atom stereocenters. The van der Waals surface area contributed by atoms with E-state index in [2.05, 4.69) is 6.08 Å². The molecule has 1 aromatic rings. The quantitative estimate of drug-likeness (QED) is 0.753. The van der Waals surface area contributed by atoms with E-state index in [1.807, 2.05) is 31.2 Å². The Morgan fingerprint density at radius 1 is 1.19 bits per heavy atom. The molecule has 2 nitrogen and oxygen atoms in total. The standard InChI is InChI=1S/C19H24O2/c1-2-21-18-10-6-5-9-15(18)13-16-11-12-17(19(16)20)14-7-3-4-8-14/h5-6,9-10,13-14,17H,2-4,7-8,11-12H2,1H3. The summed E-state index contributed by atoms with van der Waals surface area (Å²) in [5.74, 6) is 2.21. The summed E-state index contributed by atoms with van der Waals surface area (Å²) in [6.45, 7) is 2.64. The fourth-order valence-electron chi connectivity index (χ4n) is 3.83. The molecule has 2 heteroatoms. The fraction of sp³-hybridized carbons (Fsp3) is 0.526. The third-order valence-electron chi connectivity index (χ3n) is 4.90. The topological polar surface area (TPSA) is 26.3 Å². The molecule has 0 saturated heterocycles. The van der Waals surface area contributed by atoms with E-state index >= 15 is 0 Å². The first-order chi connectivity index (χ1) is 10.3. The predicted octanol–water partition coefficient (Wildman–Crippen LogP) is 4.64. The van der Waals surface area contributed by atoms with Gasteiger partial charge in [-0.3, -0.25) is 4.79 Å². The van der Waals surface area contributed by atoms with Gasteiger partial charge < -0.3 is 4.74 Å². The van der Waals surface area contributed by atoms with Crippen LogP contribution in [0.1, 0.15) is 51.0 Å². The number of Topliss-reactive ketones (excluding diaryl/α,β-unsaturated/α-hetero) is 1. The Morgan fingerprint density at radius 2 is 1.95 bits per heavy atom. The molecule has 112 valence electrons. The third-order valence-corrected chi connectivity index (χ3v) is 4.90. The molecular formula is C19H24O2. The molecule has 0 amide bonds. The number of benzene rings is 1. The molecule has 2 saturated carbocycles. The third kappa shape index (κ3) is 3.04. The van der Waals surface area contributed by atoms with Crippen molar-refractivity contribution >= 4 is 11.9 Å². The fourth-order valence-corrected chi connectivity index (χ4v) is 3.83. The number of carbonyl (C=O) groups is 1. The van der Waals surface area contributed by atoms with E-state index in [0.29, 0.717) is 18.3 Å². The highest BCUT2D eigenvalue weighted by molar-refractivity contribution is 6.03. The predicted molar refractivity (Wildman–Crippen MR) is 85.3 cm³/mol. The van der Waals surface area contributed by atoms with Gasteiger partial charge in [-0.1, -0.05) is 31.0 Å². The molecule has 1 aromatic carbocycles. The van der Waals surface area contributed by atoms with Gasteiger partial charge in [0, 0.05) is 11.5 Å². The van der Waals surface area contributed by atoms with Crippen LogP contribution in [0.2, 0.25) is 0 Å². The monoisotopic (exact) mass is 284 g/mol. The van der Waals surface area contributed by atoms with Crippen LogP contribution in [-0.2, 0) is 4.79 Å². The van der Waals surface area contributed by atoms with Crippen LogP contribution >= 0.6 is 0 Å². The molecule has 2 aliphatic carbocycles. The number of ether oxygens (including phenoxy) is 1. The van der Waals surface area contributed by atoms with E-state index in [1.54, 1.807) is 0 Å². The van der Waals surface area contributed by atoms with Gasteiger partial charge in [0.1, 0.15) is 5.75 Å². The van der Waals surface area contributed by atoms with Crippen LogP contribution in [0.4, 0.5) is 0 Å². The van der Waals surface area contributed by atoms with Crippen molar-refractivity contribution in [3.8, 4) is 5.75 Å². The lowest BCUT2D eigenvalue weighted by atomic mass is 9.88. The van der Waals surface area contributed by atoms with Gasteiger partial charge in [-0.25, -0.2) is 0 Å². The zero-order valence-corrected chi connectivity index (χ0v) is 12.8. The number of hydrogen-bond acceptors (Lipinski definition) is 2. The van der Waals surface area contributed by atoms with Crippen molar-refractivity contribution in [3.63, 3.8) is 0 Å². The SMILES string of the molecule is CCOc1ccccc1C=C1CCC(C2CCCC2)C1=O. The Labute approximate surface area is 127 Å². The average molecular weight is 284 g/mol. The second-order valence-electron chi connectivity index (χ2n) is 6.19. The van der Waals surface area contributed by atoms with Gasteiger partial charge in [0.15, 0.2) is 5.78 Å². The Bertz CT molecular complexity index is 538. The Balaban J connectivity index is 1.79. The van der Waals surface area contributed by atoms with Crippen LogP contribution in [0.15, 0.2) is 29.8 Å². The highest BCUT2D eigenvalue weighted by Crippen LogP contribution is 2.41. The molecular weight excluding hydrogens is 260 g/mol. The molecule has 21 heavy (non-hydrogen) atoms.